The SMILES string of the molecule is CC(N)CCc1ccc(Cl)cc1I. The standard InChI is InChI=1S/C10H13ClIN/c1-7(13)2-3-8-4-5-9(11)6-10(8)12/h4-7H,2-3,13H2,1H3. The molecule has 0 bridgehead atoms. The average Bonchev–Trinajstić information content (AvgIpc) is 2.02. The summed E-state index contributed by atoms with van der Waals surface area (Å²) in [4.78, 5) is 0. The summed E-state index contributed by atoms with van der Waals surface area (Å²) >= 11 is 8.16. The van der Waals surface area contributed by atoms with E-state index in [0.29, 0.717) is 0 Å². The summed E-state index contributed by atoms with van der Waals surface area (Å²) in [5.74, 6) is 0. The number of hydrogen-bond donors (Lipinski definition) is 1. The summed E-state index contributed by atoms with van der Waals surface area (Å²) in [5.41, 5.74) is 7.03. The molecule has 1 aromatic rings. The number of aryl methyl sites for hydroxylation is 1. The summed E-state index contributed by atoms with van der Waals surface area (Å²) < 4.78 is 1.23. The molecule has 0 amide bonds. The van der Waals surface area contributed by atoms with Crippen LogP contribution in [-0.2, 0) is 6.42 Å². The van der Waals surface area contributed by atoms with Crippen LogP contribution in [0.2, 0.25) is 5.02 Å². The van der Waals surface area contributed by atoms with Gasteiger partial charge in [-0.2, -0.15) is 0 Å². The minimum absolute atomic E-state index is 0.270. The molecule has 0 aromatic heterocycles. The molecule has 0 aliphatic carbocycles. The Bertz CT molecular complexity index is 286. The van der Waals surface area contributed by atoms with E-state index >= 15 is 0 Å². The third-order valence-electron chi connectivity index (χ3n) is 1.88. The third-order valence-corrected chi connectivity index (χ3v) is 3.12. The van der Waals surface area contributed by atoms with Crippen LogP contribution in [0.1, 0.15) is 18.9 Å². The Balaban J connectivity index is 2.67. The highest BCUT2D eigenvalue weighted by atomic mass is 127. The molecule has 0 heterocycles. The molecule has 0 fully saturated rings. The van der Waals surface area contributed by atoms with Crippen molar-refractivity contribution in [2.24, 2.45) is 5.73 Å². The van der Waals surface area contributed by atoms with Gasteiger partial charge in [-0.3, -0.25) is 0 Å². The van der Waals surface area contributed by atoms with E-state index in [1.807, 2.05) is 19.1 Å². The van der Waals surface area contributed by atoms with Crippen molar-refractivity contribution in [3.63, 3.8) is 0 Å². The van der Waals surface area contributed by atoms with Crippen LogP contribution in [0.25, 0.3) is 0 Å². The van der Waals surface area contributed by atoms with Gasteiger partial charge in [0.15, 0.2) is 0 Å². The molecule has 1 nitrogen and oxygen atoms in total. The predicted octanol–water partition coefficient (Wildman–Crippen LogP) is 3.22. The van der Waals surface area contributed by atoms with Crippen molar-refractivity contribution in [2.45, 2.75) is 25.8 Å². The molecular weight excluding hydrogens is 296 g/mol. The zero-order valence-corrected chi connectivity index (χ0v) is 10.5. The van der Waals surface area contributed by atoms with Gasteiger partial charge in [0.25, 0.3) is 0 Å². The van der Waals surface area contributed by atoms with Gasteiger partial charge >= 0.3 is 0 Å². The first-order valence-corrected chi connectivity index (χ1v) is 5.75. The molecule has 0 aliphatic rings. The van der Waals surface area contributed by atoms with Crippen LogP contribution >= 0.6 is 34.2 Å². The molecule has 1 atom stereocenters. The van der Waals surface area contributed by atoms with Crippen LogP contribution in [0.5, 0.6) is 0 Å². The Morgan fingerprint density at radius 3 is 2.77 bits per heavy atom. The van der Waals surface area contributed by atoms with Crippen LogP contribution in [0.4, 0.5) is 0 Å². The third kappa shape index (κ3) is 3.83. The van der Waals surface area contributed by atoms with Gasteiger partial charge in [-0.1, -0.05) is 17.7 Å². The number of nitrogens with two attached hydrogens (primary N) is 1. The zero-order valence-electron chi connectivity index (χ0n) is 7.56. The normalized spacial score (nSPS) is 12.9. The van der Waals surface area contributed by atoms with E-state index in [2.05, 4.69) is 28.7 Å². The van der Waals surface area contributed by atoms with E-state index < -0.39 is 0 Å². The van der Waals surface area contributed by atoms with Gasteiger partial charge in [-0.15, -0.1) is 0 Å². The van der Waals surface area contributed by atoms with Crippen LogP contribution in [0.15, 0.2) is 18.2 Å². The quantitative estimate of drug-likeness (QED) is 0.852. The highest BCUT2D eigenvalue weighted by Gasteiger charge is 2.01. The van der Waals surface area contributed by atoms with Gasteiger partial charge in [0.2, 0.25) is 0 Å². The van der Waals surface area contributed by atoms with Crippen molar-refractivity contribution in [2.75, 3.05) is 0 Å². The van der Waals surface area contributed by atoms with E-state index in [4.69, 9.17) is 17.3 Å². The molecule has 1 rings (SSSR count). The molecule has 72 valence electrons. The number of rotatable bonds is 3. The van der Waals surface area contributed by atoms with Crippen LogP contribution in [0.3, 0.4) is 0 Å². The first kappa shape index (κ1) is 11.3. The molecule has 2 N–H and O–H groups in total. The maximum atomic E-state index is 5.85. The van der Waals surface area contributed by atoms with E-state index in [0.717, 1.165) is 17.9 Å². The van der Waals surface area contributed by atoms with E-state index in [1.54, 1.807) is 0 Å². The smallest absolute Gasteiger partial charge is 0.0416 e. The van der Waals surface area contributed by atoms with Crippen molar-refractivity contribution in [1.82, 2.24) is 0 Å². The lowest BCUT2D eigenvalue weighted by molar-refractivity contribution is 0.665. The van der Waals surface area contributed by atoms with E-state index in [-0.39, 0.29) is 6.04 Å². The zero-order chi connectivity index (χ0) is 9.84. The maximum Gasteiger partial charge on any atom is 0.0416 e. The van der Waals surface area contributed by atoms with Crippen molar-refractivity contribution in [3.05, 3.63) is 32.4 Å². The van der Waals surface area contributed by atoms with Gasteiger partial charge in [0, 0.05) is 14.6 Å². The Kier molecular flexibility index (Phi) is 4.49. The van der Waals surface area contributed by atoms with Crippen molar-refractivity contribution in [3.8, 4) is 0 Å². The number of halogens is 2. The lowest BCUT2D eigenvalue weighted by Gasteiger charge is -2.07. The molecule has 13 heavy (non-hydrogen) atoms. The second-order valence-electron chi connectivity index (χ2n) is 3.25. The highest BCUT2D eigenvalue weighted by Crippen LogP contribution is 2.19. The van der Waals surface area contributed by atoms with Crippen molar-refractivity contribution in [1.29, 1.82) is 0 Å². The highest BCUT2D eigenvalue weighted by molar-refractivity contribution is 14.1. The maximum absolute atomic E-state index is 5.85. The first-order chi connectivity index (χ1) is 6.09. The topological polar surface area (TPSA) is 26.0 Å². The molecule has 1 unspecified atom stereocenters. The van der Waals surface area contributed by atoms with Crippen LogP contribution < -0.4 is 5.73 Å². The van der Waals surface area contributed by atoms with Gasteiger partial charge in [0.1, 0.15) is 0 Å². The van der Waals surface area contributed by atoms with Crippen LogP contribution in [-0.4, -0.2) is 6.04 Å². The molecule has 0 spiro atoms. The lowest BCUT2D eigenvalue weighted by atomic mass is 10.1. The van der Waals surface area contributed by atoms with Gasteiger partial charge < -0.3 is 5.73 Å². The van der Waals surface area contributed by atoms with Crippen LogP contribution in [0, 0.1) is 3.57 Å². The second-order valence-corrected chi connectivity index (χ2v) is 4.85. The fourth-order valence-electron chi connectivity index (χ4n) is 1.11. The minimum atomic E-state index is 0.270. The second kappa shape index (κ2) is 5.17. The molecule has 0 aliphatic heterocycles. The van der Waals surface area contributed by atoms with E-state index in [9.17, 15) is 0 Å². The number of hydrogen-bond acceptors (Lipinski definition) is 1. The largest absolute Gasteiger partial charge is 0.328 e. The van der Waals surface area contributed by atoms with Gasteiger partial charge in [0.05, 0.1) is 0 Å². The fraction of sp³-hybridized carbons (Fsp3) is 0.400. The monoisotopic (exact) mass is 309 g/mol. The molecule has 0 radical (unpaired) electrons. The Hall–Kier alpha value is 0.200. The Labute approximate surface area is 97.8 Å². The first-order valence-electron chi connectivity index (χ1n) is 4.29. The van der Waals surface area contributed by atoms with Gasteiger partial charge in [-0.25, -0.2) is 0 Å². The predicted molar refractivity (Wildman–Crippen MR) is 66.1 cm³/mol. The Morgan fingerprint density at radius 2 is 2.23 bits per heavy atom. The Morgan fingerprint density at radius 1 is 1.54 bits per heavy atom. The van der Waals surface area contributed by atoms with E-state index in [1.165, 1.54) is 9.13 Å². The summed E-state index contributed by atoms with van der Waals surface area (Å²) in [5, 5.41) is 0.800. The molecule has 1 aromatic carbocycles. The summed E-state index contributed by atoms with van der Waals surface area (Å²) in [7, 11) is 0. The number of benzene rings is 1. The average molecular weight is 310 g/mol. The lowest BCUT2D eigenvalue weighted by Crippen LogP contribution is -2.15. The molecular formula is C10H13ClIN. The molecule has 0 saturated carbocycles. The summed E-state index contributed by atoms with van der Waals surface area (Å²) in [6, 6.07) is 6.26. The molecule has 3 heteroatoms. The molecule has 0 saturated heterocycles. The van der Waals surface area contributed by atoms with Crippen molar-refractivity contribution >= 4 is 34.2 Å². The fourth-order valence-corrected chi connectivity index (χ4v) is 2.25. The van der Waals surface area contributed by atoms with Crippen molar-refractivity contribution < 1.29 is 0 Å². The minimum Gasteiger partial charge on any atom is -0.328 e. The summed E-state index contributed by atoms with van der Waals surface area (Å²) in [6.07, 6.45) is 2.06. The van der Waals surface area contributed by atoms with Gasteiger partial charge in [-0.05, 0) is 60.1 Å². The summed E-state index contributed by atoms with van der Waals surface area (Å²) in [6.45, 7) is 2.03.